The Bertz CT molecular complexity index is 886. The lowest BCUT2D eigenvalue weighted by Crippen LogP contribution is -2.43. The number of nitro benzene ring substituents is 2. The molecular weight excluding hydrogens is 320 g/mol. The first kappa shape index (κ1) is 16.5. The molecule has 0 aliphatic heterocycles. The van der Waals surface area contributed by atoms with E-state index in [1.54, 1.807) is 6.33 Å². The maximum atomic E-state index is 10.8. The Kier molecular flexibility index (Phi) is 4.45. The van der Waals surface area contributed by atoms with Crippen LogP contribution < -0.4 is 21.5 Å². The van der Waals surface area contributed by atoms with E-state index < -0.39 is 27.0 Å². The van der Waals surface area contributed by atoms with Gasteiger partial charge >= 0.3 is 0 Å². The summed E-state index contributed by atoms with van der Waals surface area (Å²) in [6.07, 6.45) is 1.63. The number of para-hydroxylation sites is 2. The molecule has 3 aromatic rings. The molecular formula is C13H12N6O5. The largest absolute Gasteiger partial charge is 0.868 e. The van der Waals surface area contributed by atoms with Crippen LogP contribution >= 0.6 is 0 Å². The van der Waals surface area contributed by atoms with Gasteiger partial charge in [0.25, 0.3) is 17.7 Å². The summed E-state index contributed by atoms with van der Waals surface area (Å²) in [4.78, 5) is 18.6. The normalized spacial score (nSPS) is 10.0. The number of benzene rings is 2. The Morgan fingerprint density at radius 1 is 1.04 bits per heavy atom. The number of nitrogens with zero attached hydrogens (tertiary/aromatic N) is 4. The second kappa shape index (κ2) is 6.48. The van der Waals surface area contributed by atoms with Crippen LogP contribution in [0.3, 0.4) is 0 Å². The van der Waals surface area contributed by atoms with Gasteiger partial charge in [-0.25, -0.2) is 0 Å². The number of hydrogen-bond acceptors (Lipinski definition) is 7. The molecule has 24 heavy (non-hydrogen) atoms. The van der Waals surface area contributed by atoms with Crippen molar-refractivity contribution in [3.8, 4) is 5.75 Å². The van der Waals surface area contributed by atoms with Crippen molar-refractivity contribution in [2.75, 3.05) is 11.7 Å². The van der Waals surface area contributed by atoms with Crippen LogP contribution in [0.1, 0.15) is 0 Å². The first-order chi connectivity index (χ1) is 11.3. The highest BCUT2D eigenvalue weighted by Crippen LogP contribution is 2.27. The Morgan fingerprint density at radius 2 is 1.71 bits per heavy atom. The van der Waals surface area contributed by atoms with E-state index in [4.69, 9.17) is 11.7 Å². The molecule has 11 heteroatoms. The fourth-order valence-electron chi connectivity index (χ4n) is 1.92. The summed E-state index contributed by atoms with van der Waals surface area (Å²) in [5.41, 5.74) is 0.602. The number of non-ortho nitro benzene ring substituents is 1. The van der Waals surface area contributed by atoms with Gasteiger partial charge in [0.15, 0.2) is 0 Å². The van der Waals surface area contributed by atoms with Crippen LogP contribution in [0, 0.1) is 20.2 Å². The lowest BCUT2D eigenvalue weighted by molar-refractivity contribution is -0.612. The SMILES string of the molecule is Nn1c[n+](N)c2ccccc21.O=[N+]([O-])c1ccc([O-])c([N+](=O)[O-])c1. The van der Waals surface area contributed by atoms with Gasteiger partial charge in [0, 0.05) is 6.07 Å². The molecule has 11 nitrogen and oxygen atoms in total. The van der Waals surface area contributed by atoms with Crippen LogP contribution in [0.4, 0.5) is 11.4 Å². The number of nitrogens with two attached hydrogens (primary N) is 2. The van der Waals surface area contributed by atoms with Gasteiger partial charge < -0.3 is 5.11 Å². The lowest BCUT2D eigenvalue weighted by Gasteiger charge is -2.03. The van der Waals surface area contributed by atoms with E-state index in [0.29, 0.717) is 6.07 Å². The van der Waals surface area contributed by atoms with Gasteiger partial charge in [0.1, 0.15) is 0 Å². The van der Waals surface area contributed by atoms with E-state index in [9.17, 15) is 25.3 Å². The van der Waals surface area contributed by atoms with Crippen molar-refractivity contribution in [3.05, 3.63) is 69.0 Å². The zero-order chi connectivity index (χ0) is 17.9. The highest BCUT2D eigenvalue weighted by molar-refractivity contribution is 5.71. The average molecular weight is 332 g/mol. The van der Waals surface area contributed by atoms with Crippen molar-refractivity contribution in [2.45, 2.75) is 0 Å². The molecule has 3 rings (SSSR count). The second-order valence-electron chi connectivity index (χ2n) is 4.58. The molecule has 124 valence electrons. The highest BCUT2D eigenvalue weighted by Gasteiger charge is 2.13. The first-order valence-corrected chi connectivity index (χ1v) is 6.43. The molecule has 0 radical (unpaired) electrons. The quantitative estimate of drug-likeness (QED) is 0.286. The van der Waals surface area contributed by atoms with E-state index >= 15 is 0 Å². The third-order valence-corrected chi connectivity index (χ3v) is 3.04. The summed E-state index contributed by atoms with van der Waals surface area (Å²) in [6.45, 7) is 0. The predicted molar refractivity (Wildman–Crippen MR) is 81.6 cm³/mol. The molecule has 0 bridgehead atoms. The predicted octanol–water partition coefficient (Wildman–Crippen LogP) is -0.0670. The lowest BCUT2D eigenvalue weighted by atomic mass is 10.2. The van der Waals surface area contributed by atoms with Crippen LogP contribution in [-0.2, 0) is 0 Å². The molecule has 0 aliphatic rings. The van der Waals surface area contributed by atoms with Crippen molar-refractivity contribution < 1.29 is 19.6 Å². The van der Waals surface area contributed by atoms with Crippen molar-refractivity contribution in [3.63, 3.8) is 0 Å². The zero-order valence-corrected chi connectivity index (χ0v) is 12.1. The van der Waals surface area contributed by atoms with Crippen LogP contribution in [0.5, 0.6) is 5.75 Å². The summed E-state index contributed by atoms with van der Waals surface area (Å²) in [5, 5.41) is 31.1. The number of imidazole rings is 1. The van der Waals surface area contributed by atoms with Gasteiger partial charge in [-0.2, -0.15) is 0 Å². The summed E-state index contributed by atoms with van der Waals surface area (Å²) < 4.78 is 2.99. The second-order valence-corrected chi connectivity index (χ2v) is 4.58. The summed E-state index contributed by atoms with van der Waals surface area (Å²) in [6, 6.07) is 10.0. The fraction of sp³-hybridized carbons (Fsp3) is 0. The van der Waals surface area contributed by atoms with Crippen molar-refractivity contribution in [1.29, 1.82) is 0 Å². The molecule has 0 saturated carbocycles. The zero-order valence-electron chi connectivity index (χ0n) is 12.1. The monoisotopic (exact) mass is 332 g/mol. The number of nitrogen functional groups attached to an aromatic ring is 2. The van der Waals surface area contributed by atoms with Crippen LogP contribution in [0.2, 0.25) is 0 Å². The molecule has 1 aromatic heterocycles. The van der Waals surface area contributed by atoms with E-state index in [2.05, 4.69) is 0 Å². The van der Waals surface area contributed by atoms with Crippen molar-refractivity contribution in [1.82, 2.24) is 4.68 Å². The molecule has 0 atom stereocenters. The number of aromatic nitrogens is 2. The van der Waals surface area contributed by atoms with Crippen LogP contribution in [-0.4, -0.2) is 14.5 Å². The van der Waals surface area contributed by atoms with Gasteiger partial charge in [-0.1, -0.05) is 18.2 Å². The standard InChI is InChI=1S/C7H9N4.C6H4N2O5/c8-10-5-11(9)7-4-2-1-3-6(7)10;9-6-2-1-4(7(10)11)3-5(6)8(12)13/h1-5H,8-9H2;1-3,9H/q+1;/p-1. The number of nitro groups is 2. The van der Waals surface area contributed by atoms with E-state index in [1.165, 1.54) is 9.35 Å². The average Bonchev–Trinajstić information content (AvgIpc) is 2.83. The van der Waals surface area contributed by atoms with Gasteiger partial charge in [-0.15, -0.1) is 9.35 Å². The van der Waals surface area contributed by atoms with E-state index in [-0.39, 0.29) is 0 Å². The molecule has 0 spiro atoms. The summed E-state index contributed by atoms with van der Waals surface area (Å²) in [7, 11) is 0. The molecule has 2 aromatic carbocycles. The molecule has 0 amide bonds. The number of fused-ring (bicyclic) bond motifs is 1. The maximum Gasteiger partial charge on any atom is 0.291 e. The van der Waals surface area contributed by atoms with Gasteiger partial charge in [0.2, 0.25) is 11.0 Å². The summed E-state index contributed by atoms with van der Waals surface area (Å²) >= 11 is 0. The minimum atomic E-state index is -0.949. The third-order valence-electron chi connectivity index (χ3n) is 3.04. The van der Waals surface area contributed by atoms with Gasteiger partial charge in [0.05, 0.1) is 15.9 Å². The van der Waals surface area contributed by atoms with Crippen LogP contribution in [0.15, 0.2) is 48.8 Å². The van der Waals surface area contributed by atoms with E-state index in [1.807, 2.05) is 24.3 Å². The summed E-state index contributed by atoms with van der Waals surface area (Å²) in [5.74, 6) is 10.3. The fourth-order valence-corrected chi connectivity index (χ4v) is 1.92. The number of rotatable bonds is 2. The van der Waals surface area contributed by atoms with Crippen LogP contribution in [0.25, 0.3) is 11.0 Å². The van der Waals surface area contributed by atoms with Crippen molar-refractivity contribution in [2.24, 2.45) is 0 Å². The smallest absolute Gasteiger partial charge is 0.291 e. The highest BCUT2D eigenvalue weighted by atomic mass is 16.6. The Labute approximate surface area is 134 Å². The van der Waals surface area contributed by atoms with Gasteiger partial charge in [-0.3, -0.25) is 31.9 Å². The molecule has 4 N–H and O–H groups in total. The molecule has 0 fully saturated rings. The third kappa shape index (κ3) is 3.30. The minimum absolute atomic E-state index is 0.466. The Balaban J connectivity index is 0.000000175. The minimum Gasteiger partial charge on any atom is -0.868 e. The Hall–Kier alpha value is -3.89. The topological polar surface area (TPSA) is 170 Å². The number of hydrogen-bond donors (Lipinski definition) is 2. The van der Waals surface area contributed by atoms with Crippen molar-refractivity contribution >= 4 is 22.4 Å². The van der Waals surface area contributed by atoms with Gasteiger partial charge in [-0.05, 0) is 17.9 Å². The Morgan fingerprint density at radius 3 is 2.29 bits per heavy atom. The van der Waals surface area contributed by atoms with E-state index in [0.717, 1.165) is 23.2 Å². The first-order valence-electron chi connectivity index (χ1n) is 6.43. The molecule has 0 aliphatic carbocycles. The molecule has 0 unspecified atom stereocenters. The molecule has 1 heterocycles. The maximum absolute atomic E-state index is 10.8. The molecule has 0 saturated heterocycles.